The van der Waals surface area contributed by atoms with Gasteiger partial charge in [0.25, 0.3) is 5.69 Å². The lowest BCUT2D eigenvalue weighted by molar-refractivity contribution is -0.384. The van der Waals surface area contributed by atoms with E-state index in [1.807, 2.05) is 0 Å². The van der Waals surface area contributed by atoms with Crippen molar-refractivity contribution in [2.45, 2.75) is 83.8 Å². The highest BCUT2D eigenvalue weighted by Crippen LogP contribution is 2.33. The standard InChI is InChI=1S/C33H39NO17Si/c1-18(35)46-26-27(47-19(2)36)29(48-20(3)37)32(51-28(26)31(39)43-4)50-25-13-8-21(16-24(25)30(38)44-14-15-52(5,6)7)17-45-33(40)49-23-11-9-22(10-12-23)34(41)42/h8-13,16,26-29,32H,14-15,17H2,1-7H3/t26-,27-,28-,29?,32+/m0/s1. The summed E-state index contributed by atoms with van der Waals surface area (Å²) in [6.45, 7) is 9.00. The lowest BCUT2D eigenvalue weighted by Crippen LogP contribution is -2.64. The predicted octanol–water partition coefficient (Wildman–Crippen LogP) is 3.88. The molecule has 18 nitrogen and oxygen atoms in total. The summed E-state index contributed by atoms with van der Waals surface area (Å²) < 4.78 is 48.4. The lowest BCUT2D eigenvalue weighted by Gasteiger charge is -2.43. The van der Waals surface area contributed by atoms with Crippen LogP contribution in [-0.4, -0.2) is 93.4 Å². The SMILES string of the molecule is COC(=O)[C@H]1O[C@@H](Oc2ccc(COC(=O)Oc3ccc([N+](=O)[O-])cc3)cc2C(=O)OCC[Si](C)(C)C)C(OC(C)=O)[C@@H](OC(C)=O)[C@@H]1OC(C)=O. The molecule has 1 unspecified atom stereocenters. The maximum absolute atomic E-state index is 13.5. The van der Waals surface area contributed by atoms with Crippen molar-refractivity contribution in [3.63, 3.8) is 0 Å². The topological polar surface area (TPSA) is 229 Å². The molecule has 5 atom stereocenters. The van der Waals surface area contributed by atoms with Crippen LogP contribution in [0.15, 0.2) is 42.5 Å². The third-order valence-corrected chi connectivity index (χ3v) is 8.74. The summed E-state index contributed by atoms with van der Waals surface area (Å²) in [5.74, 6) is -4.83. The van der Waals surface area contributed by atoms with E-state index in [9.17, 15) is 38.9 Å². The first kappa shape index (κ1) is 40.9. The van der Waals surface area contributed by atoms with Gasteiger partial charge in [0.05, 0.1) is 18.6 Å². The van der Waals surface area contributed by atoms with E-state index in [1.54, 1.807) is 0 Å². The molecule has 0 aromatic heterocycles. The first-order valence-electron chi connectivity index (χ1n) is 15.7. The van der Waals surface area contributed by atoms with Crippen molar-refractivity contribution in [1.82, 2.24) is 0 Å². The summed E-state index contributed by atoms with van der Waals surface area (Å²) in [4.78, 5) is 85.3. The Hall–Kier alpha value is -5.56. The number of hydrogen-bond acceptors (Lipinski definition) is 17. The van der Waals surface area contributed by atoms with Gasteiger partial charge in [0.15, 0.2) is 18.3 Å². The molecular weight excluding hydrogens is 710 g/mol. The van der Waals surface area contributed by atoms with Crippen LogP contribution in [0.4, 0.5) is 10.5 Å². The molecule has 0 amide bonds. The van der Waals surface area contributed by atoms with E-state index >= 15 is 0 Å². The minimum Gasteiger partial charge on any atom is -0.467 e. The molecule has 0 aliphatic carbocycles. The molecule has 1 saturated heterocycles. The normalized spacial score (nSPS) is 19.6. The number of ether oxygens (including phenoxy) is 9. The monoisotopic (exact) mass is 749 g/mol. The number of nitrogens with zero attached hydrogens (tertiary/aromatic N) is 1. The molecule has 1 fully saturated rings. The fourth-order valence-electron chi connectivity index (χ4n) is 4.66. The van der Waals surface area contributed by atoms with Crippen LogP contribution in [-0.2, 0) is 58.9 Å². The van der Waals surface area contributed by atoms with Crippen LogP contribution in [0.1, 0.15) is 36.7 Å². The molecule has 282 valence electrons. The predicted molar refractivity (Wildman–Crippen MR) is 177 cm³/mol. The molecule has 3 rings (SSSR count). The molecule has 0 spiro atoms. The average Bonchev–Trinajstić information content (AvgIpc) is 3.05. The Morgan fingerprint density at radius 3 is 1.98 bits per heavy atom. The average molecular weight is 750 g/mol. The van der Waals surface area contributed by atoms with Gasteiger partial charge < -0.3 is 42.6 Å². The first-order chi connectivity index (χ1) is 24.4. The van der Waals surface area contributed by atoms with E-state index in [4.69, 9.17) is 42.6 Å². The molecule has 0 bridgehead atoms. The van der Waals surface area contributed by atoms with E-state index in [0.29, 0.717) is 6.04 Å². The van der Waals surface area contributed by atoms with Crippen molar-refractivity contribution in [3.05, 3.63) is 63.7 Å². The number of nitro benzene ring substituents is 1. The minimum atomic E-state index is -1.77. The van der Waals surface area contributed by atoms with Crippen molar-refractivity contribution in [3.8, 4) is 11.5 Å². The Balaban J connectivity index is 1.97. The molecule has 1 aliphatic heterocycles. The number of nitro groups is 1. The van der Waals surface area contributed by atoms with E-state index in [-0.39, 0.29) is 34.9 Å². The fourth-order valence-corrected chi connectivity index (χ4v) is 5.37. The highest BCUT2D eigenvalue weighted by molar-refractivity contribution is 6.76. The number of benzene rings is 2. The number of hydrogen-bond donors (Lipinski definition) is 0. The number of esters is 5. The van der Waals surface area contributed by atoms with Gasteiger partial charge in [0.2, 0.25) is 12.4 Å². The maximum Gasteiger partial charge on any atom is 0.514 e. The summed E-state index contributed by atoms with van der Waals surface area (Å²) >= 11 is 0. The maximum atomic E-state index is 13.5. The fraction of sp³-hybridized carbons (Fsp3) is 0.455. The van der Waals surface area contributed by atoms with E-state index in [1.165, 1.54) is 30.3 Å². The van der Waals surface area contributed by atoms with Gasteiger partial charge in [-0.05, 0) is 35.9 Å². The number of non-ortho nitro benzene ring substituents is 1. The van der Waals surface area contributed by atoms with Gasteiger partial charge in [-0.1, -0.05) is 25.7 Å². The van der Waals surface area contributed by atoms with Crippen molar-refractivity contribution < 1.29 is 76.3 Å². The van der Waals surface area contributed by atoms with Gasteiger partial charge >= 0.3 is 36.0 Å². The van der Waals surface area contributed by atoms with Crippen LogP contribution in [0.3, 0.4) is 0 Å². The van der Waals surface area contributed by atoms with Crippen LogP contribution < -0.4 is 9.47 Å². The highest BCUT2D eigenvalue weighted by atomic mass is 28.3. The lowest BCUT2D eigenvalue weighted by atomic mass is 9.97. The zero-order chi connectivity index (χ0) is 38.7. The molecule has 1 aliphatic rings. The van der Waals surface area contributed by atoms with Gasteiger partial charge in [-0.15, -0.1) is 0 Å². The van der Waals surface area contributed by atoms with Gasteiger partial charge in [-0.25, -0.2) is 14.4 Å². The first-order valence-corrected chi connectivity index (χ1v) is 19.4. The zero-order valence-electron chi connectivity index (χ0n) is 29.4. The number of carbonyl (C=O) groups is 6. The van der Waals surface area contributed by atoms with Crippen LogP contribution in [0.5, 0.6) is 11.5 Å². The van der Waals surface area contributed by atoms with E-state index in [0.717, 1.165) is 40.0 Å². The second-order valence-electron chi connectivity index (χ2n) is 12.5. The molecule has 52 heavy (non-hydrogen) atoms. The molecule has 2 aromatic carbocycles. The smallest absolute Gasteiger partial charge is 0.467 e. The van der Waals surface area contributed by atoms with Gasteiger partial charge in [0, 0.05) is 41.0 Å². The van der Waals surface area contributed by atoms with Crippen LogP contribution in [0.25, 0.3) is 0 Å². The summed E-state index contributed by atoms with van der Waals surface area (Å²) in [6, 6.07) is 9.30. The molecule has 0 N–H and O–H groups in total. The number of carbonyl (C=O) groups excluding carboxylic acids is 6. The summed E-state index contributed by atoms with van der Waals surface area (Å²) in [5.41, 5.74) is -0.158. The van der Waals surface area contributed by atoms with Gasteiger partial charge in [0.1, 0.15) is 23.7 Å². The molecule has 0 radical (unpaired) electrons. The molecule has 2 aromatic rings. The summed E-state index contributed by atoms with van der Waals surface area (Å²) in [6.07, 6.45) is -9.61. The minimum absolute atomic E-state index is 0.0194. The van der Waals surface area contributed by atoms with Crippen LogP contribution in [0, 0.1) is 10.1 Å². The second-order valence-corrected chi connectivity index (χ2v) is 18.1. The van der Waals surface area contributed by atoms with Crippen molar-refractivity contribution in [1.29, 1.82) is 0 Å². The Kier molecular flexibility index (Phi) is 14.2. The third kappa shape index (κ3) is 12.0. The summed E-state index contributed by atoms with van der Waals surface area (Å²) in [7, 11) is -0.610. The van der Waals surface area contributed by atoms with Crippen molar-refractivity contribution >= 4 is 49.8 Å². The largest absolute Gasteiger partial charge is 0.514 e. The molecule has 19 heteroatoms. The number of methoxy groups -OCH3 is 1. The zero-order valence-corrected chi connectivity index (χ0v) is 30.4. The van der Waals surface area contributed by atoms with Crippen LogP contribution >= 0.6 is 0 Å². The molecular formula is C33H39NO17Si. The van der Waals surface area contributed by atoms with Crippen molar-refractivity contribution in [2.75, 3.05) is 13.7 Å². The Morgan fingerprint density at radius 2 is 1.42 bits per heavy atom. The summed E-state index contributed by atoms with van der Waals surface area (Å²) in [5, 5.41) is 10.9. The Labute approximate surface area is 298 Å². The third-order valence-electron chi connectivity index (χ3n) is 7.03. The van der Waals surface area contributed by atoms with Gasteiger partial charge in [-0.3, -0.25) is 24.5 Å². The highest BCUT2D eigenvalue weighted by Gasteiger charge is 2.56. The Bertz CT molecular complexity index is 1650. The van der Waals surface area contributed by atoms with E-state index in [2.05, 4.69) is 19.6 Å². The molecule has 1 heterocycles. The van der Waals surface area contributed by atoms with E-state index < -0.39 is 86.3 Å². The van der Waals surface area contributed by atoms with Gasteiger partial charge in [-0.2, -0.15) is 0 Å². The quantitative estimate of drug-likeness (QED) is 0.0666. The van der Waals surface area contributed by atoms with Crippen molar-refractivity contribution in [2.24, 2.45) is 0 Å². The van der Waals surface area contributed by atoms with Crippen LogP contribution in [0.2, 0.25) is 25.7 Å². The number of rotatable bonds is 14. The second kappa shape index (κ2) is 18.1. The molecule has 0 saturated carbocycles. The Morgan fingerprint density at radius 1 is 0.827 bits per heavy atom.